The first-order chi connectivity index (χ1) is 8.97. The van der Waals surface area contributed by atoms with E-state index in [-0.39, 0.29) is 5.91 Å². The van der Waals surface area contributed by atoms with Crippen LogP contribution >= 0.6 is 27.5 Å². The number of nitrogens with one attached hydrogen (secondary N) is 1. The van der Waals surface area contributed by atoms with Crippen molar-refractivity contribution < 1.29 is 4.79 Å². The van der Waals surface area contributed by atoms with Gasteiger partial charge in [-0.15, -0.1) is 0 Å². The van der Waals surface area contributed by atoms with Crippen LogP contribution in [0.3, 0.4) is 0 Å². The van der Waals surface area contributed by atoms with Crippen molar-refractivity contribution in [3.63, 3.8) is 0 Å². The standard InChI is InChI=1S/C13H11BrClN3O/c1-7-11(4-5-12(14)17-7)18-13(19)8-2-3-10(16)9(15)6-8/h2-6H,16H2,1H3,(H,18,19). The number of nitrogens with two attached hydrogens (primary N) is 1. The van der Waals surface area contributed by atoms with E-state index >= 15 is 0 Å². The Hall–Kier alpha value is -1.59. The fourth-order valence-corrected chi connectivity index (χ4v) is 2.10. The number of benzene rings is 1. The summed E-state index contributed by atoms with van der Waals surface area (Å²) in [5.74, 6) is -0.255. The van der Waals surface area contributed by atoms with Gasteiger partial charge in [0.15, 0.2) is 0 Å². The van der Waals surface area contributed by atoms with Crippen LogP contribution in [-0.2, 0) is 0 Å². The summed E-state index contributed by atoms with van der Waals surface area (Å²) in [4.78, 5) is 16.3. The predicted octanol–water partition coefficient (Wildman–Crippen LogP) is 3.64. The minimum absolute atomic E-state index is 0.255. The molecule has 4 nitrogen and oxygen atoms in total. The first-order valence-electron chi connectivity index (χ1n) is 5.47. The highest BCUT2D eigenvalue weighted by Crippen LogP contribution is 2.21. The van der Waals surface area contributed by atoms with Crippen LogP contribution in [0.15, 0.2) is 34.9 Å². The second kappa shape index (κ2) is 5.59. The number of nitrogen functional groups attached to an aromatic ring is 1. The van der Waals surface area contributed by atoms with Crippen molar-refractivity contribution in [2.45, 2.75) is 6.92 Å². The summed E-state index contributed by atoms with van der Waals surface area (Å²) in [6, 6.07) is 8.30. The summed E-state index contributed by atoms with van der Waals surface area (Å²) in [6.45, 7) is 1.82. The lowest BCUT2D eigenvalue weighted by atomic mass is 10.2. The topological polar surface area (TPSA) is 68.0 Å². The van der Waals surface area contributed by atoms with Gasteiger partial charge in [0.25, 0.3) is 5.91 Å². The maximum absolute atomic E-state index is 12.1. The number of halogens is 2. The molecule has 3 N–H and O–H groups in total. The van der Waals surface area contributed by atoms with Gasteiger partial charge in [-0.1, -0.05) is 11.6 Å². The molecule has 2 rings (SSSR count). The van der Waals surface area contributed by atoms with Gasteiger partial charge in [0.1, 0.15) is 4.60 Å². The molecule has 0 bridgehead atoms. The molecular formula is C13H11BrClN3O. The van der Waals surface area contributed by atoms with E-state index in [1.807, 2.05) is 6.92 Å². The van der Waals surface area contributed by atoms with Crippen molar-refractivity contribution in [3.8, 4) is 0 Å². The molecule has 0 aliphatic heterocycles. The molecule has 0 saturated carbocycles. The molecule has 0 aliphatic carbocycles. The largest absolute Gasteiger partial charge is 0.398 e. The third kappa shape index (κ3) is 3.24. The van der Waals surface area contributed by atoms with Crippen LogP contribution in [0.5, 0.6) is 0 Å². The van der Waals surface area contributed by atoms with Crippen molar-refractivity contribution >= 4 is 44.8 Å². The van der Waals surface area contributed by atoms with E-state index in [0.29, 0.717) is 22.0 Å². The third-order valence-electron chi connectivity index (χ3n) is 2.56. The van der Waals surface area contributed by atoms with Crippen LogP contribution in [0, 0.1) is 6.92 Å². The molecule has 0 saturated heterocycles. The second-order valence-corrected chi connectivity index (χ2v) is 5.18. The fourth-order valence-electron chi connectivity index (χ4n) is 1.53. The summed E-state index contributed by atoms with van der Waals surface area (Å²) in [6.07, 6.45) is 0. The zero-order valence-corrected chi connectivity index (χ0v) is 12.4. The van der Waals surface area contributed by atoms with E-state index in [0.717, 1.165) is 10.3 Å². The Morgan fingerprint density at radius 2 is 2.11 bits per heavy atom. The first kappa shape index (κ1) is 13.8. The quantitative estimate of drug-likeness (QED) is 0.648. The van der Waals surface area contributed by atoms with Gasteiger partial charge >= 0.3 is 0 Å². The van der Waals surface area contributed by atoms with Gasteiger partial charge < -0.3 is 11.1 Å². The number of amides is 1. The van der Waals surface area contributed by atoms with Crippen LogP contribution in [0.2, 0.25) is 5.02 Å². The molecule has 1 aromatic heterocycles. The van der Waals surface area contributed by atoms with E-state index in [4.69, 9.17) is 17.3 Å². The Balaban J connectivity index is 2.23. The number of nitrogens with zero attached hydrogens (tertiary/aromatic N) is 1. The molecule has 1 aromatic carbocycles. The van der Waals surface area contributed by atoms with Crippen LogP contribution in [-0.4, -0.2) is 10.9 Å². The van der Waals surface area contributed by atoms with Crippen molar-refractivity contribution in [3.05, 3.63) is 51.2 Å². The Morgan fingerprint density at radius 3 is 2.74 bits per heavy atom. The van der Waals surface area contributed by atoms with Gasteiger partial charge in [-0.3, -0.25) is 4.79 Å². The average Bonchev–Trinajstić information content (AvgIpc) is 2.36. The van der Waals surface area contributed by atoms with Gasteiger partial charge in [-0.25, -0.2) is 4.98 Å². The second-order valence-electron chi connectivity index (χ2n) is 3.96. The normalized spacial score (nSPS) is 10.3. The Labute approximate surface area is 124 Å². The van der Waals surface area contributed by atoms with E-state index < -0.39 is 0 Å². The smallest absolute Gasteiger partial charge is 0.255 e. The van der Waals surface area contributed by atoms with E-state index in [9.17, 15) is 4.79 Å². The maximum atomic E-state index is 12.1. The minimum atomic E-state index is -0.255. The zero-order chi connectivity index (χ0) is 14.0. The molecular weight excluding hydrogens is 330 g/mol. The lowest BCUT2D eigenvalue weighted by Gasteiger charge is -2.08. The lowest BCUT2D eigenvalue weighted by molar-refractivity contribution is 0.102. The predicted molar refractivity (Wildman–Crippen MR) is 80.5 cm³/mol. The molecule has 2 aromatic rings. The molecule has 0 atom stereocenters. The molecule has 19 heavy (non-hydrogen) atoms. The van der Waals surface area contributed by atoms with Gasteiger partial charge in [0.2, 0.25) is 0 Å². The number of rotatable bonds is 2. The fraction of sp³-hybridized carbons (Fsp3) is 0.0769. The van der Waals surface area contributed by atoms with Crippen LogP contribution in [0.25, 0.3) is 0 Å². The number of anilines is 2. The first-order valence-corrected chi connectivity index (χ1v) is 6.64. The molecule has 1 heterocycles. The molecule has 0 radical (unpaired) electrons. The highest BCUT2D eigenvalue weighted by Gasteiger charge is 2.10. The highest BCUT2D eigenvalue weighted by atomic mass is 79.9. The number of carbonyl (C=O) groups excluding carboxylic acids is 1. The number of pyridine rings is 1. The molecule has 0 fully saturated rings. The minimum Gasteiger partial charge on any atom is -0.398 e. The summed E-state index contributed by atoms with van der Waals surface area (Å²) in [5.41, 5.74) is 7.87. The summed E-state index contributed by atoms with van der Waals surface area (Å²) < 4.78 is 0.721. The average molecular weight is 341 g/mol. The van der Waals surface area contributed by atoms with E-state index in [1.54, 1.807) is 24.3 Å². The number of hydrogen-bond donors (Lipinski definition) is 2. The molecule has 0 unspecified atom stereocenters. The Kier molecular flexibility index (Phi) is 4.07. The number of hydrogen-bond acceptors (Lipinski definition) is 3. The molecule has 98 valence electrons. The van der Waals surface area contributed by atoms with Crippen molar-refractivity contribution in [2.75, 3.05) is 11.1 Å². The highest BCUT2D eigenvalue weighted by molar-refractivity contribution is 9.10. The molecule has 6 heteroatoms. The van der Waals surface area contributed by atoms with Gasteiger partial charge in [-0.2, -0.15) is 0 Å². The number of aryl methyl sites for hydroxylation is 1. The van der Waals surface area contributed by atoms with Crippen LogP contribution < -0.4 is 11.1 Å². The third-order valence-corrected chi connectivity index (χ3v) is 3.33. The van der Waals surface area contributed by atoms with Crippen molar-refractivity contribution in [1.29, 1.82) is 0 Å². The van der Waals surface area contributed by atoms with Crippen molar-refractivity contribution in [2.24, 2.45) is 0 Å². The summed E-state index contributed by atoms with van der Waals surface area (Å²) >= 11 is 9.16. The van der Waals surface area contributed by atoms with Gasteiger partial charge in [-0.05, 0) is 53.2 Å². The summed E-state index contributed by atoms with van der Waals surface area (Å²) in [7, 11) is 0. The van der Waals surface area contributed by atoms with Crippen LogP contribution in [0.1, 0.15) is 16.1 Å². The monoisotopic (exact) mass is 339 g/mol. The zero-order valence-electron chi connectivity index (χ0n) is 10.1. The summed E-state index contributed by atoms with van der Waals surface area (Å²) in [5, 5.41) is 3.14. The lowest BCUT2D eigenvalue weighted by Crippen LogP contribution is -2.13. The van der Waals surface area contributed by atoms with Gasteiger partial charge in [0.05, 0.1) is 22.1 Å². The maximum Gasteiger partial charge on any atom is 0.255 e. The Bertz CT molecular complexity index is 646. The number of aromatic nitrogens is 1. The number of carbonyl (C=O) groups is 1. The van der Waals surface area contributed by atoms with Gasteiger partial charge in [0, 0.05) is 5.56 Å². The van der Waals surface area contributed by atoms with E-state index in [1.165, 1.54) is 6.07 Å². The molecule has 0 aliphatic rings. The van der Waals surface area contributed by atoms with E-state index in [2.05, 4.69) is 26.2 Å². The Morgan fingerprint density at radius 1 is 1.37 bits per heavy atom. The molecule has 0 spiro atoms. The molecule has 1 amide bonds. The van der Waals surface area contributed by atoms with Crippen molar-refractivity contribution in [1.82, 2.24) is 4.98 Å². The van der Waals surface area contributed by atoms with Crippen LogP contribution in [0.4, 0.5) is 11.4 Å². The SMILES string of the molecule is Cc1nc(Br)ccc1NC(=O)c1ccc(N)c(Cl)c1.